The molecular weight excluding hydrogens is 336 g/mol. The van der Waals surface area contributed by atoms with Crippen LogP contribution in [0.15, 0.2) is 35.1 Å². The number of amides is 1. The number of carbonyl (C=O) groups is 1. The quantitative estimate of drug-likeness (QED) is 0.667. The molecule has 1 amide bonds. The van der Waals surface area contributed by atoms with Crippen LogP contribution in [0.2, 0.25) is 0 Å². The molecule has 134 valence electrons. The fourth-order valence-corrected chi connectivity index (χ4v) is 3.12. The topological polar surface area (TPSA) is 112 Å². The summed E-state index contributed by atoms with van der Waals surface area (Å²) in [5, 5.41) is 23.6. The Bertz CT molecular complexity index is 862. The van der Waals surface area contributed by atoms with E-state index in [9.17, 15) is 14.9 Å². The summed E-state index contributed by atoms with van der Waals surface area (Å²) < 4.78 is 4.95. The number of furan rings is 1. The van der Waals surface area contributed by atoms with E-state index in [4.69, 9.17) is 9.68 Å². The second-order valence-corrected chi connectivity index (χ2v) is 6.26. The maximum Gasteiger partial charge on any atom is 0.275 e. The first-order valence-corrected chi connectivity index (χ1v) is 8.26. The monoisotopic (exact) mass is 354 g/mol. The Labute approximate surface area is 150 Å². The Kier molecular flexibility index (Phi) is 4.89. The number of carbonyl (C=O) groups excluding carboxylic acids is 1. The van der Waals surface area contributed by atoms with Crippen molar-refractivity contribution in [2.24, 2.45) is 0 Å². The highest BCUT2D eigenvalue weighted by atomic mass is 16.6. The number of nitrogens with zero attached hydrogens (tertiary/aromatic N) is 3. The molecule has 1 fully saturated rings. The number of nitriles is 1. The Hall–Kier alpha value is -3.34. The normalized spacial score (nSPS) is 14.7. The highest BCUT2D eigenvalue weighted by Gasteiger charge is 2.25. The zero-order chi connectivity index (χ0) is 18.7. The molecule has 1 aliphatic rings. The molecule has 8 nitrogen and oxygen atoms in total. The lowest BCUT2D eigenvalue weighted by atomic mass is 10.0. The summed E-state index contributed by atoms with van der Waals surface area (Å²) in [6.45, 7) is 2.83. The summed E-state index contributed by atoms with van der Waals surface area (Å²) >= 11 is 0. The minimum atomic E-state index is -0.479. The first kappa shape index (κ1) is 17.5. The van der Waals surface area contributed by atoms with Crippen LogP contribution in [0.4, 0.5) is 11.4 Å². The van der Waals surface area contributed by atoms with E-state index < -0.39 is 4.92 Å². The summed E-state index contributed by atoms with van der Waals surface area (Å²) in [5.41, 5.74) is 1.81. The van der Waals surface area contributed by atoms with Gasteiger partial charge in [-0.1, -0.05) is 0 Å². The SMILES string of the molecule is Cc1c(NC2CCN(C(=O)c3ccoc3)CC2)cc(C#N)cc1[N+](=O)[O-]. The van der Waals surface area contributed by atoms with E-state index in [0.717, 1.165) is 0 Å². The van der Waals surface area contributed by atoms with Gasteiger partial charge in [0.2, 0.25) is 0 Å². The van der Waals surface area contributed by atoms with Crippen molar-refractivity contribution in [2.75, 3.05) is 18.4 Å². The van der Waals surface area contributed by atoms with Crippen molar-refractivity contribution in [3.8, 4) is 6.07 Å². The molecule has 3 rings (SSSR count). The van der Waals surface area contributed by atoms with E-state index in [-0.39, 0.29) is 23.2 Å². The molecule has 1 aromatic heterocycles. The first-order chi connectivity index (χ1) is 12.5. The van der Waals surface area contributed by atoms with Crippen molar-refractivity contribution in [3.05, 3.63) is 57.5 Å². The van der Waals surface area contributed by atoms with Crippen molar-refractivity contribution in [1.29, 1.82) is 5.26 Å². The Balaban J connectivity index is 1.68. The van der Waals surface area contributed by atoms with Crippen molar-refractivity contribution in [1.82, 2.24) is 4.90 Å². The fraction of sp³-hybridized carbons (Fsp3) is 0.333. The zero-order valence-corrected chi connectivity index (χ0v) is 14.3. The summed E-state index contributed by atoms with van der Waals surface area (Å²) in [7, 11) is 0. The zero-order valence-electron chi connectivity index (χ0n) is 14.3. The molecule has 2 heterocycles. The van der Waals surface area contributed by atoms with Crippen molar-refractivity contribution < 1.29 is 14.1 Å². The molecule has 1 saturated heterocycles. The van der Waals surface area contributed by atoms with Crippen LogP contribution in [0, 0.1) is 28.4 Å². The molecule has 1 N–H and O–H groups in total. The predicted molar refractivity (Wildman–Crippen MR) is 93.8 cm³/mol. The largest absolute Gasteiger partial charge is 0.472 e. The second-order valence-electron chi connectivity index (χ2n) is 6.26. The number of hydrogen-bond donors (Lipinski definition) is 1. The summed E-state index contributed by atoms with van der Waals surface area (Å²) in [5.74, 6) is -0.0597. The summed E-state index contributed by atoms with van der Waals surface area (Å²) in [6.07, 6.45) is 4.34. The Morgan fingerprint density at radius 1 is 1.42 bits per heavy atom. The lowest BCUT2D eigenvalue weighted by molar-refractivity contribution is -0.385. The number of likely N-dealkylation sites (tertiary alicyclic amines) is 1. The molecule has 26 heavy (non-hydrogen) atoms. The average Bonchev–Trinajstić information content (AvgIpc) is 3.18. The smallest absolute Gasteiger partial charge is 0.275 e. The van der Waals surface area contributed by atoms with Crippen molar-refractivity contribution in [2.45, 2.75) is 25.8 Å². The van der Waals surface area contributed by atoms with Crippen LogP contribution in [-0.2, 0) is 0 Å². The third kappa shape index (κ3) is 3.52. The van der Waals surface area contributed by atoms with Crippen LogP contribution in [0.5, 0.6) is 0 Å². The number of hydrogen-bond acceptors (Lipinski definition) is 6. The van der Waals surface area contributed by atoms with Gasteiger partial charge in [-0.15, -0.1) is 0 Å². The highest BCUT2D eigenvalue weighted by Crippen LogP contribution is 2.29. The third-order valence-electron chi connectivity index (χ3n) is 4.62. The highest BCUT2D eigenvalue weighted by molar-refractivity contribution is 5.93. The molecule has 8 heteroatoms. The van der Waals surface area contributed by atoms with Crippen LogP contribution in [-0.4, -0.2) is 34.9 Å². The van der Waals surface area contributed by atoms with Crippen LogP contribution < -0.4 is 5.32 Å². The molecule has 2 aromatic rings. The van der Waals surface area contributed by atoms with Crippen LogP contribution in [0.3, 0.4) is 0 Å². The molecule has 0 bridgehead atoms. The van der Waals surface area contributed by atoms with Gasteiger partial charge in [-0.2, -0.15) is 5.26 Å². The molecule has 0 aliphatic carbocycles. The number of nitrogens with one attached hydrogen (secondary N) is 1. The lowest BCUT2D eigenvalue weighted by Gasteiger charge is -2.33. The fourth-order valence-electron chi connectivity index (χ4n) is 3.12. The Morgan fingerprint density at radius 2 is 2.15 bits per heavy atom. The van der Waals surface area contributed by atoms with Crippen LogP contribution >= 0.6 is 0 Å². The molecule has 0 unspecified atom stereocenters. The van der Waals surface area contributed by atoms with Crippen molar-refractivity contribution in [3.63, 3.8) is 0 Å². The van der Waals surface area contributed by atoms with E-state index in [1.54, 1.807) is 24.0 Å². The van der Waals surface area contributed by atoms with Gasteiger partial charge in [0, 0.05) is 36.4 Å². The molecule has 0 spiro atoms. The minimum absolute atomic E-state index is 0.0597. The predicted octanol–water partition coefficient (Wildman–Crippen LogP) is 3.08. The number of piperidine rings is 1. The van der Waals surface area contributed by atoms with Crippen LogP contribution in [0.1, 0.15) is 34.3 Å². The third-order valence-corrected chi connectivity index (χ3v) is 4.62. The van der Waals surface area contributed by atoms with Gasteiger partial charge < -0.3 is 14.6 Å². The van der Waals surface area contributed by atoms with Gasteiger partial charge in [0.15, 0.2) is 0 Å². The van der Waals surface area contributed by atoms with Gasteiger partial charge in [-0.25, -0.2) is 0 Å². The van der Waals surface area contributed by atoms with Gasteiger partial charge in [-0.05, 0) is 31.9 Å². The minimum Gasteiger partial charge on any atom is -0.472 e. The van der Waals surface area contributed by atoms with E-state index in [0.29, 0.717) is 42.7 Å². The summed E-state index contributed by atoms with van der Waals surface area (Å²) in [4.78, 5) is 24.8. The van der Waals surface area contributed by atoms with Gasteiger partial charge >= 0.3 is 0 Å². The van der Waals surface area contributed by atoms with E-state index in [1.807, 2.05) is 6.07 Å². The Morgan fingerprint density at radius 3 is 2.73 bits per heavy atom. The van der Waals surface area contributed by atoms with Gasteiger partial charge in [-0.3, -0.25) is 14.9 Å². The van der Waals surface area contributed by atoms with Gasteiger partial charge in [0.05, 0.1) is 28.4 Å². The molecular formula is C18H18N4O4. The van der Waals surface area contributed by atoms with Crippen molar-refractivity contribution >= 4 is 17.3 Å². The first-order valence-electron chi connectivity index (χ1n) is 8.26. The standard InChI is InChI=1S/C18H18N4O4/c1-12-16(8-13(10-19)9-17(12)22(24)25)20-15-2-5-21(6-3-15)18(23)14-4-7-26-11-14/h4,7-9,11,15,20H,2-3,5-6H2,1H3. The second kappa shape index (κ2) is 7.27. The molecule has 1 aliphatic heterocycles. The molecule has 1 aromatic carbocycles. The molecule has 0 radical (unpaired) electrons. The average molecular weight is 354 g/mol. The molecule has 0 saturated carbocycles. The van der Waals surface area contributed by atoms with E-state index in [1.165, 1.54) is 18.6 Å². The maximum atomic E-state index is 12.3. The number of benzene rings is 1. The van der Waals surface area contributed by atoms with E-state index in [2.05, 4.69) is 5.32 Å². The van der Waals surface area contributed by atoms with E-state index >= 15 is 0 Å². The van der Waals surface area contributed by atoms with Crippen LogP contribution in [0.25, 0.3) is 0 Å². The summed E-state index contributed by atoms with van der Waals surface area (Å²) in [6, 6.07) is 6.59. The molecule has 0 atom stereocenters. The number of anilines is 1. The van der Waals surface area contributed by atoms with Gasteiger partial charge in [0.1, 0.15) is 6.26 Å². The number of nitro groups is 1. The van der Waals surface area contributed by atoms with Gasteiger partial charge in [0.25, 0.3) is 11.6 Å². The number of rotatable bonds is 4. The maximum absolute atomic E-state index is 12.3. The lowest BCUT2D eigenvalue weighted by Crippen LogP contribution is -2.42. The number of nitro benzene ring substituents is 1.